The minimum Gasteiger partial charge on any atom is -0.339 e. The van der Waals surface area contributed by atoms with Crippen molar-refractivity contribution in [2.45, 2.75) is 43.8 Å². The Morgan fingerprint density at radius 3 is 3.00 bits per heavy atom. The number of thioether (sulfide) groups is 1. The van der Waals surface area contributed by atoms with Crippen molar-refractivity contribution in [2.24, 2.45) is 0 Å². The number of carbonyl (C=O) groups is 1. The summed E-state index contributed by atoms with van der Waals surface area (Å²) in [5, 5.41) is 0.925. The molecule has 0 radical (unpaired) electrons. The van der Waals surface area contributed by atoms with E-state index in [1.54, 1.807) is 18.0 Å². The molecule has 116 valence electrons. The fourth-order valence-electron chi connectivity index (χ4n) is 2.76. The summed E-state index contributed by atoms with van der Waals surface area (Å²) < 4.78 is 0. The highest BCUT2D eigenvalue weighted by atomic mass is 32.2. The number of amides is 1. The fraction of sp³-hybridized carbons (Fsp3) is 0.625. The van der Waals surface area contributed by atoms with Crippen LogP contribution in [0.4, 0.5) is 0 Å². The zero-order chi connectivity index (χ0) is 15.4. The van der Waals surface area contributed by atoms with Gasteiger partial charge in [0, 0.05) is 37.4 Å². The molecule has 0 aliphatic carbocycles. The van der Waals surface area contributed by atoms with E-state index in [9.17, 15) is 4.79 Å². The molecule has 0 unspecified atom stereocenters. The molecule has 0 N–H and O–H groups in total. The Kier molecular flexibility index (Phi) is 5.65. The maximum Gasteiger partial charge on any atom is 0.253 e. The first-order chi connectivity index (χ1) is 10.0. The number of carbonyl (C=O) groups excluding carboxylic acids is 1. The Bertz CT molecular complexity index is 494. The molecule has 2 rings (SSSR count). The molecule has 0 aromatic carbocycles. The Hall–Kier alpha value is -1.07. The van der Waals surface area contributed by atoms with Crippen LogP contribution in [0.2, 0.25) is 0 Å². The molecule has 2 atom stereocenters. The maximum atomic E-state index is 12.7. The van der Waals surface area contributed by atoms with Crippen molar-refractivity contribution < 1.29 is 4.79 Å². The Labute approximate surface area is 131 Å². The standard InChI is InChI=1S/C16H25N3OS/c1-5-21-15-11-13(6-8-17-15)16(20)19(4)14-7-9-18(3)12(2)10-14/h6,8,11-12,14H,5,7,9-10H2,1-4H3/t12-,14+/m1/s1. The number of rotatable bonds is 4. The van der Waals surface area contributed by atoms with Crippen LogP contribution in [0.5, 0.6) is 0 Å². The lowest BCUT2D eigenvalue weighted by Crippen LogP contribution is -2.48. The SMILES string of the molecule is CCSc1cc(C(=O)N(C)[C@H]2CCN(C)[C@H](C)C2)ccn1. The van der Waals surface area contributed by atoms with Crippen LogP contribution in [0.3, 0.4) is 0 Å². The average Bonchev–Trinajstić information content (AvgIpc) is 2.49. The van der Waals surface area contributed by atoms with Crippen LogP contribution in [0.1, 0.15) is 37.0 Å². The summed E-state index contributed by atoms with van der Waals surface area (Å²) >= 11 is 1.67. The lowest BCUT2D eigenvalue weighted by molar-refractivity contribution is 0.0598. The second-order valence-electron chi connectivity index (χ2n) is 5.74. The molecule has 1 amide bonds. The first-order valence-corrected chi connectivity index (χ1v) is 8.57. The predicted octanol–water partition coefficient (Wildman–Crippen LogP) is 2.75. The van der Waals surface area contributed by atoms with Crippen LogP contribution < -0.4 is 0 Å². The highest BCUT2D eigenvalue weighted by molar-refractivity contribution is 7.99. The van der Waals surface area contributed by atoms with Gasteiger partial charge in [-0.05, 0) is 44.7 Å². The highest BCUT2D eigenvalue weighted by Gasteiger charge is 2.28. The molecule has 1 aliphatic rings. The minimum atomic E-state index is 0.108. The molecule has 0 saturated carbocycles. The lowest BCUT2D eigenvalue weighted by Gasteiger charge is -2.39. The van der Waals surface area contributed by atoms with Gasteiger partial charge in [-0.25, -0.2) is 4.98 Å². The second-order valence-corrected chi connectivity index (χ2v) is 7.02. The van der Waals surface area contributed by atoms with Crippen LogP contribution in [0.15, 0.2) is 23.4 Å². The zero-order valence-electron chi connectivity index (χ0n) is 13.4. The summed E-state index contributed by atoms with van der Waals surface area (Å²) in [4.78, 5) is 21.2. The van der Waals surface area contributed by atoms with Gasteiger partial charge < -0.3 is 9.80 Å². The van der Waals surface area contributed by atoms with E-state index in [-0.39, 0.29) is 5.91 Å². The zero-order valence-corrected chi connectivity index (χ0v) is 14.2. The van der Waals surface area contributed by atoms with Gasteiger partial charge in [0.05, 0.1) is 5.03 Å². The first-order valence-electron chi connectivity index (χ1n) is 7.59. The molecule has 2 heterocycles. The Balaban J connectivity index is 2.06. The molecule has 21 heavy (non-hydrogen) atoms. The number of likely N-dealkylation sites (tertiary alicyclic amines) is 1. The maximum absolute atomic E-state index is 12.7. The molecular formula is C16H25N3OS. The molecule has 0 bridgehead atoms. The van der Waals surface area contributed by atoms with E-state index in [4.69, 9.17) is 0 Å². The molecule has 0 spiro atoms. The largest absolute Gasteiger partial charge is 0.339 e. The highest BCUT2D eigenvalue weighted by Crippen LogP contribution is 2.22. The summed E-state index contributed by atoms with van der Waals surface area (Å²) in [5.41, 5.74) is 0.745. The Morgan fingerprint density at radius 1 is 1.57 bits per heavy atom. The van der Waals surface area contributed by atoms with Gasteiger partial charge in [0.25, 0.3) is 5.91 Å². The normalized spacial score (nSPS) is 23.0. The third-order valence-electron chi connectivity index (χ3n) is 4.32. The predicted molar refractivity (Wildman–Crippen MR) is 87.8 cm³/mol. The summed E-state index contributed by atoms with van der Waals surface area (Å²) in [6.45, 7) is 5.37. The average molecular weight is 307 g/mol. The third kappa shape index (κ3) is 3.98. The van der Waals surface area contributed by atoms with Gasteiger partial charge in [-0.2, -0.15) is 0 Å². The van der Waals surface area contributed by atoms with E-state index >= 15 is 0 Å². The van der Waals surface area contributed by atoms with E-state index in [2.05, 4.69) is 30.8 Å². The number of nitrogens with zero attached hydrogens (tertiary/aromatic N) is 3. The van der Waals surface area contributed by atoms with Gasteiger partial charge in [-0.3, -0.25) is 4.79 Å². The molecule has 1 aromatic rings. The molecular weight excluding hydrogens is 282 g/mol. The van der Waals surface area contributed by atoms with Crippen LogP contribution in [-0.2, 0) is 0 Å². The number of pyridine rings is 1. The topological polar surface area (TPSA) is 36.4 Å². The van der Waals surface area contributed by atoms with Crippen molar-refractivity contribution in [3.8, 4) is 0 Å². The van der Waals surface area contributed by atoms with E-state index in [1.807, 2.05) is 24.1 Å². The summed E-state index contributed by atoms with van der Waals surface area (Å²) in [6.07, 6.45) is 3.82. The van der Waals surface area contributed by atoms with Gasteiger partial charge in [0.2, 0.25) is 0 Å². The van der Waals surface area contributed by atoms with Gasteiger partial charge in [-0.15, -0.1) is 11.8 Å². The van der Waals surface area contributed by atoms with Gasteiger partial charge in [0.15, 0.2) is 0 Å². The van der Waals surface area contributed by atoms with Crippen LogP contribution in [0.25, 0.3) is 0 Å². The van der Waals surface area contributed by atoms with Crippen molar-refractivity contribution in [1.29, 1.82) is 0 Å². The number of hydrogen-bond acceptors (Lipinski definition) is 4. The summed E-state index contributed by atoms with van der Waals surface area (Å²) in [7, 11) is 4.08. The van der Waals surface area contributed by atoms with Crippen molar-refractivity contribution in [3.63, 3.8) is 0 Å². The van der Waals surface area contributed by atoms with Gasteiger partial charge in [-0.1, -0.05) is 6.92 Å². The molecule has 1 aromatic heterocycles. The van der Waals surface area contributed by atoms with Crippen LogP contribution in [0, 0.1) is 0 Å². The second kappa shape index (κ2) is 7.27. The van der Waals surface area contributed by atoms with Crippen molar-refractivity contribution in [1.82, 2.24) is 14.8 Å². The monoisotopic (exact) mass is 307 g/mol. The fourth-order valence-corrected chi connectivity index (χ4v) is 3.40. The Morgan fingerprint density at radius 2 is 2.33 bits per heavy atom. The van der Waals surface area contributed by atoms with E-state index in [0.29, 0.717) is 12.1 Å². The smallest absolute Gasteiger partial charge is 0.253 e. The lowest BCUT2D eigenvalue weighted by atomic mass is 9.97. The number of aromatic nitrogens is 1. The summed E-state index contributed by atoms with van der Waals surface area (Å²) in [6, 6.07) is 4.59. The summed E-state index contributed by atoms with van der Waals surface area (Å²) in [5.74, 6) is 1.07. The van der Waals surface area contributed by atoms with Gasteiger partial charge in [0.1, 0.15) is 0 Å². The number of piperidine rings is 1. The first kappa shape index (κ1) is 16.3. The van der Waals surface area contributed by atoms with Crippen molar-refractivity contribution in [2.75, 3.05) is 26.4 Å². The van der Waals surface area contributed by atoms with Gasteiger partial charge >= 0.3 is 0 Å². The molecule has 1 fully saturated rings. The molecule has 4 nitrogen and oxygen atoms in total. The van der Waals surface area contributed by atoms with Crippen LogP contribution >= 0.6 is 11.8 Å². The number of hydrogen-bond donors (Lipinski definition) is 0. The van der Waals surface area contributed by atoms with E-state index in [0.717, 1.165) is 35.7 Å². The molecule has 1 aliphatic heterocycles. The molecule has 1 saturated heterocycles. The van der Waals surface area contributed by atoms with Crippen molar-refractivity contribution in [3.05, 3.63) is 23.9 Å². The van der Waals surface area contributed by atoms with Crippen LogP contribution in [-0.4, -0.2) is 59.2 Å². The van der Waals surface area contributed by atoms with E-state index < -0.39 is 0 Å². The van der Waals surface area contributed by atoms with Crippen molar-refractivity contribution >= 4 is 17.7 Å². The third-order valence-corrected chi connectivity index (χ3v) is 5.13. The van der Waals surface area contributed by atoms with E-state index in [1.165, 1.54) is 0 Å². The quantitative estimate of drug-likeness (QED) is 0.802. The molecule has 5 heteroatoms. The minimum absolute atomic E-state index is 0.108.